The summed E-state index contributed by atoms with van der Waals surface area (Å²) in [5.41, 5.74) is 6.13. The van der Waals surface area contributed by atoms with Crippen molar-refractivity contribution in [1.29, 1.82) is 0 Å². The van der Waals surface area contributed by atoms with Crippen LogP contribution in [0, 0.1) is 5.92 Å². The van der Waals surface area contributed by atoms with Crippen molar-refractivity contribution in [2.75, 3.05) is 20.8 Å². The van der Waals surface area contributed by atoms with Crippen molar-refractivity contribution in [3.63, 3.8) is 0 Å². The third-order valence-electron chi connectivity index (χ3n) is 3.12. The number of methoxy groups -OCH3 is 2. The van der Waals surface area contributed by atoms with Gasteiger partial charge in [0.25, 0.3) is 5.91 Å². The Morgan fingerprint density at radius 1 is 1.40 bits per heavy atom. The van der Waals surface area contributed by atoms with Gasteiger partial charge in [-0.05, 0) is 18.8 Å². The van der Waals surface area contributed by atoms with Gasteiger partial charge in [0, 0.05) is 12.6 Å². The standard InChI is InChI=1S/C12H18N4O3.ClH/c1-18-11-9(12(19-2)16-6-15-11)10(17)14-5-8(13)7-3-4-7;/h6-8H,3-5,13H2,1-2H3,(H,14,17);1H. The maximum Gasteiger partial charge on any atom is 0.262 e. The van der Waals surface area contributed by atoms with Crippen LogP contribution in [-0.4, -0.2) is 42.7 Å². The molecule has 1 aromatic rings. The van der Waals surface area contributed by atoms with Gasteiger partial charge >= 0.3 is 0 Å². The summed E-state index contributed by atoms with van der Waals surface area (Å²) in [6, 6.07) is -0.00873. The molecule has 0 radical (unpaired) electrons. The van der Waals surface area contributed by atoms with Crippen molar-refractivity contribution < 1.29 is 14.3 Å². The van der Waals surface area contributed by atoms with E-state index in [0.717, 1.165) is 12.8 Å². The number of carbonyl (C=O) groups is 1. The summed E-state index contributed by atoms with van der Waals surface area (Å²) < 4.78 is 10.1. The van der Waals surface area contributed by atoms with Crippen molar-refractivity contribution in [1.82, 2.24) is 15.3 Å². The third-order valence-corrected chi connectivity index (χ3v) is 3.12. The van der Waals surface area contributed by atoms with Gasteiger partial charge in [0.05, 0.1) is 14.2 Å². The molecular weight excluding hydrogens is 284 g/mol. The highest BCUT2D eigenvalue weighted by Gasteiger charge is 2.29. The number of ether oxygens (including phenoxy) is 2. The molecule has 3 N–H and O–H groups in total. The summed E-state index contributed by atoms with van der Waals surface area (Å²) in [5, 5.41) is 2.77. The van der Waals surface area contributed by atoms with Gasteiger partial charge in [0.15, 0.2) is 5.56 Å². The highest BCUT2D eigenvalue weighted by Crippen LogP contribution is 2.31. The lowest BCUT2D eigenvalue weighted by Crippen LogP contribution is -2.38. The van der Waals surface area contributed by atoms with Gasteiger partial charge in [-0.3, -0.25) is 4.79 Å². The van der Waals surface area contributed by atoms with Gasteiger partial charge in [-0.2, -0.15) is 0 Å². The molecule has 1 aromatic heterocycles. The van der Waals surface area contributed by atoms with Crippen LogP contribution in [-0.2, 0) is 0 Å². The second kappa shape index (κ2) is 7.25. The Labute approximate surface area is 123 Å². The molecule has 0 saturated heterocycles. The Kier molecular flexibility index (Phi) is 5.97. The summed E-state index contributed by atoms with van der Waals surface area (Å²) in [6.07, 6.45) is 3.56. The highest BCUT2D eigenvalue weighted by atomic mass is 35.5. The van der Waals surface area contributed by atoms with E-state index in [1.807, 2.05) is 0 Å². The lowest BCUT2D eigenvalue weighted by atomic mass is 10.2. The largest absolute Gasteiger partial charge is 0.480 e. The van der Waals surface area contributed by atoms with E-state index in [9.17, 15) is 4.79 Å². The number of aromatic nitrogens is 2. The number of hydrogen-bond donors (Lipinski definition) is 2. The normalized spacial score (nSPS) is 14.9. The van der Waals surface area contributed by atoms with Crippen LogP contribution in [0.5, 0.6) is 11.8 Å². The van der Waals surface area contributed by atoms with Gasteiger partial charge in [-0.25, -0.2) is 9.97 Å². The van der Waals surface area contributed by atoms with E-state index in [2.05, 4.69) is 15.3 Å². The molecule has 1 aliphatic rings. The molecule has 0 aliphatic heterocycles. The summed E-state index contributed by atoms with van der Waals surface area (Å²) in [5.74, 6) is 0.551. The molecule has 112 valence electrons. The first-order valence-electron chi connectivity index (χ1n) is 6.14. The summed E-state index contributed by atoms with van der Waals surface area (Å²) >= 11 is 0. The zero-order valence-electron chi connectivity index (χ0n) is 11.5. The number of halogens is 1. The van der Waals surface area contributed by atoms with Crippen LogP contribution >= 0.6 is 12.4 Å². The van der Waals surface area contributed by atoms with Crippen molar-refractivity contribution >= 4 is 18.3 Å². The molecule has 1 saturated carbocycles. The van der Waals surface area contributed by atoms with E-state index in [-0.39, 0.29) is 41.7 Å². The van der Waals surface area contributed by atoms with Crippen LogP contribution in [0.2, 0.25) is 0 Å². The van der Waals surface area contributed by atoms with Gasteiger partial charge in [0.1, 0.15) is 6.33 Å². The van der Waals surface area contributed by atoms with Crippen LogP contribution in [0.1, 0.15) is 23.2 Å². The second-order valence-electron chi connectivity index (χ2n) is 4.48. The quantitative estimate of drug-likeness (QED) is 0.788. The molecule has 0 spiro atoms. The first-order valence-corrected chi connectivity index (χ1v) is 6.14. The maximum absolute atomic E-state index is 12.1. The fraction of sp³-hybridized carbons (Fsp3) is 0.583. The average molecular weight is 303 g/mol. The number of rotatable bonds is 6. The molecule has 8 heteroatoms. The summed E-state index contributed by atoms with van der Waals surface area (Å²) in [4.78, 5) is 19.9. The topological polar surface area (TPSA) is 99.4 Å². The molecular formula is C12H19ClN4O3. The molecule has 1 heterocycles. The lowest BCUT2D eigenvalue weighted by molar-refractivity contribution is 0.0942. The molecule has 1 unspecified atom stereocenters. The van der Waals surface area contributed by atoms with Crippen LogP contribution < -0.4 is 20.5 Å². The van der Waals surface area contributed by atoms with Gasteiger partial charge in [0.2, 0.25) is 11.8 Å². The molecule has 1 atom stereocenters. The van der Waals surface area contributed by atoms with Gasteiger partial charge in [-0.15, -0.1) is 12.4 Å². The van der Waals surface area contributed by atoms with Crippen molar-refractivity contribution in [3.05, 3.63) is 11.9 Å². The molecule has 7 nitrogen and oxygen atoms in total. The van der Waals surface area contributed by atoms with E-state index < -0.39 is 0 Å². The van der Waals surface area contributed by atoms with Crippen molar-refractivity contribution in [2.45, 2.75) is 18.9 Å². The Bertz CT molecular complexity index is 446. The lowest BCUT2D eigenvalue weighted by Gasteiger charge is -2.14. The summed E-state index contributed by atoms with van der Waals surface area (Å²) in [6.45, 7) is 0.421. The van der Waals surface area contributed by atoms with Crippen molar-refractivity contribution in [3.8, 4) is 11.8 Å². The second-order valence-corrected chi connectivity index (χ2v) is 4.48. The highest BCUT2D eigenvalue weighted by molar-refractivity contribution is 5.98. The number of nitrogens with zero attached hydrogens (tertiary/aromatic N) is 2. The van der Waals surface area contributed by atoms with Crippen LogP contribution in [0.15, 0.2) is 6.33 Å². The predicted molar refractivity (Wildman–Crippen MR) is 75.4 cm³/mol. The van der Waals surface area contributed by atoms with E-state index in [1.54, 1.807) is 0 Å². The first-order chi connectivity index (χ1) is 9.17. The third kappa shape index (κ3) is 3.71. The summed E-state index contributed by atoms with van der Waals surface area (Å²) in [7, 11) is 2.88. The first kappa shape index (κ1) is 16.5. The van der Waals surface area contributed by atoms with E-state index in [4.69, 9.17) is 15.2 Å². The molecule has 1 aliphatic carbocycles. The van der Waals surface area contributed by atoms with E-state index in [0.29, 0.717) is 12.5 Å². The number of nitrogens with one attached hydrogen (secondary N) is 1. The molecule has 2 rings (SSSR count). The number of amides is 1. The van der Waals surface area contributed by atoms with Gasteiger partial charge in [-0.1, -0.05) is 0 Å². The van der Waals surface area contributed by atoms with E-state index in [1.165, 1.54) is 20.5 Å². The maximum atomic E-state index is 12.1. The fourth-order valence-corrected chi connectivity index (χ4v) is 1.85. The zero-order chi connectivity index (χ0) is 13.8. The van der Waals surface area contributed by atoms with Crippen LogP contribution in [0.4, 0.5) is 0 Å². The minimum Gasteiger partial charge on any atom is -0.480 e. The minimum atomic E-state index is -0.342. The van der Waals surface area contributed by atoms with Crippen molar-refractivity contribution in [2.24, 2.45) is 11.7 Å². The molecule has 0 aromatic carbocycles. The zero-order valence-corrected chi connectivity index (χ0v) is 12.3. The van der Waals surface area contributed by atoms with Gasteiger partial charge < -0.3 is 20.5 Å². The Morgan fingerprint density at radius 2 is 1.95 bits per heavy atom. The molecule has 1 fully saturated rings. The molecule has 1 amide bonds. The smallest absolute Gasteiger partial charge is 0.262 e. The minimum absolute atomic E-state index is 0. The average Bonchev–Trinajstić information content (AvgIpc) is 3.27. The Morgan fingerprint density at radius 3 is 2.40 bits per heavy atom. The predicted octanol–water partition coefficient (Wildman–Crippen LogP) is 0.383. The monoisotopic (exact) mass is 302 g/mol. The molecule has 0 bridgehead atoms. The SMILES string of the molecule is COc1ncnc(OC)c1C(=O)NCC(N)C1CC1.Cl. The number of hydrogen-bond acceptors (Lipinski definition) is 6. The van der Waals surface area contributed by atoms with Crippen LogP contribution in [0.25, 0.3) is 0 Å². The Hall–Kier alpha value is -1.60. The number of nitrogens with two attached hydrogens (primary N) is 1. The van der Waals surface area contributed by atoms with Crippen LogP contribution in [0.3, 0.4) is 0 Å². The fourth-order valence-electron chi connectivity index (χ4n) is 1.85. The Balaban J connectivity index is 0.00000200. The molecule has 20 heavy (non-hydrogen) atoms. The van der Waals surface area contributed by atoms with E-state index >= 15 is 0 Å². The number of carbonyl (C=O) groups excluding carboxylic acids is 1.